The molecule has 0 saturated carbocycles. The predicted molar refractivity (Wildman–Crippen MR) is 96.9 cm³/mol. The van der Waals surface area contributed by atoms with E-state index in [1.54, 1.807) is 38.1 Å². The number of carbonyl (C=O) groups is 1. The summed E-state index contributed by atoms with van der Waals surface area (Å²) in [5, 5.41) is 0.748. The van der Waals surface area contributed by atoms with Crippen LogP contribution < -0.4 is 10.4 Å². The molecule has 134 valence electrons. The first-order chi connectivity index (χ1) is 12.4. The van der Waals surface area contributed by atoms with Crippen LogP contribution in [0.1, 0.15) is 27.2 Å². The van der Waals surface area contributed by atoms with E-state index in [1.807, 2.05) is 0 Å². The van der Waals surface area contributed by atoms with Crippen molar-refractivity contribution < 1.29 is 18.7 Å². The fraction of sp³-hybridized carbons (Fsp3) is 0.211. The Balaban J connectivity index is 1.90. The number of pyridine rings is 1. The first-order valence-corrected chi connectivity index (χ1v) is 8.18. The van der Waals surface area contributed by atoms with Crippen molar-refractivity contribution in [3.63, 3.8) is 0 Å². The van der Waals surface area contributed by atoms with Crippen LogP contribution in [0, 0.1) is 13.8 Å². The number of esters is 1. The lowest BCUT2D eigenvalue weighted by molar-refractivity contribution is 0.0472. The normalized spacial score (nSPS) is 10.8. The third kappa shape index (κ3) is 3.55. The molecule has 7 heteroatoms. The third-order valence-corrected chi connectivity index (χ3v) is 4.17. The molecular weight excluding hydrogens is 358 g/mol. The van der Waals surface area contributed by atoms with Gasteiger partial charge in [-0.3, -0.25) is 0 Å². The molecule has 1 aromatic carbocycles. The van der Waals surface area contributed by atoms with Gasteiger partial charge in [0.15, 0.2) is 0 Å². The average Bonchev–Trinajstić information content (AvgIpc) is 2.57. The minimum Gasteiger partial charge on any atom is -0.497 e. The smallest absolute Gasteiger partial charge is 0.341 e. The number of hydrogen-bond acceptors (Lipinski definition) is 6. The second-order valence-electron chi connectivity index (χ2n) is 5.78. The van der Waals surface area contributed by atoms with Crippen molar-refractivity contribution >= 4 is 28.5 Å². The van der Waals surface area contributed by atoms with Crippen molar-refractivity contribution in [1.82, 2.24) is 4.98 Å². The summed E-state index contributed by atoms with van der Waals surface area (Å²) in [5.41, 5.74) is 1.95. The maximum Gasteiger partial charge on any atom is 0.341 e. The van der Waals surface area contributed by atoms with Crippen molar-refractivity contribution in [1.29, 1.82) is 0 Å². The van der Waals surface area contributed by atoms with Crippen molar-refractivity contribution in [2.24, 2.45) is 0 Å². The lowest BCUT2D eigenvalue weighted by atomic mass is 10.1. The van der Waals surface area contributed by atoms with Gasteiger partial charge in [0.25, 0.3) is 0 Å². The molecule has 2 heterocycles. The summed E-state index contributed by atoms with van der Waals surface area (Å²) in [7, 11) is 1.52. The van der Waals surface area contributed by atoms with Crippen LogP contribution in [0.3, 0.4) is 0 Å². The zero-order valence-electron chi connectivity index (χ0n) is 14.5. The highest BCUT2D eigenvalue weighted by Crippen LogP contribution is 2.24. The maximum absolute atomic E-state index is 12.4. The largest absolute Gasteiger partial charge is 0.497 e. The Hall–Kier alpha value is -2.86. The topological polar surface area (TPSA) is 78.6 Å². The van der Waals surface area contributed by atoms with Crippen LogP contribution in [-0.4, -0.2) is 18.1 Å². The maximum atomic E-state index is 12.4. The highest BCUT2D eigenvalue weighted by molar-refractivity contribution is 6.32. The number of methoxy groups -OCH3 is 1. The standard InChI is InChI=1S/C19H16ClNO5/c1-10-6-11(2)21-18(20)17(10)19(23)25-9-12-7-16(22)26-15-8-13(24-3)4-5-14(12)15/h4-8H,9H2,1-3H3. The summed E-state index contributed by atoms with van der Waals surface area (Å²) in [6.45, 7) is 3.45. The lowest BCUT2D eigenvalue weighted by Gasteiger charge is -2.10. The van der Waals surface area contributed by atoms with Gasteiger partial charge in [0.05, 0.1) is 12.7 Å². The number of ether oxygens (including phenoxy) is 2. The van der Waals surface area contributed by atoms with Gasteiger partial charge in [0.2, 0.25) is 0 Å². The molecule has 0 atom stereocenters. The van der Waals surface area contributed by atoms with E-state index in [4.69, 9.17) is 25.5 Å². The molecule has 0 spiro atoms. The van der Waals surface area contributed by atoms with Gasteiger partial charge in [-0.2, -0.15) is 0 Å². The Morgan fingerprint density at radius 1 is 1.23 bits per heavy atom. The molecule has 3 rings (SSSR count). The molecule has 0 aliphatic heterocycles. The van der Waals surface area contributed by atoms with Crippen LogP contribution in [-0.2, 0) is 11.3 Å². The van der Waals surface area contributed by atoms with Gasteiger partial charge in [-0.05, 0) is 37.6 Å². The minimum atomic E-state index is -0.602. The second kappa shape index (κ2) is 7.17. The van der Waals surface area contributed by atoms with Crippen molar-refractivity contribution in [3.8, 4) is 5.75 Å². The third-order valence-electron chi connectivity index (χ3n) is 3.90. The molecule has 0 bridgehead atoms. The molecule has 0 aliphatic rings. The summed E-state index contributed by atoms with van der Waals surface area (Å²) >= 11 is 6.07. The summed E-state index contributed by atoms with van der Waals surface area (Å²) in [6, 6.07) is 8.13. The highest BCUT2D eigenvalue weighted by Gasteiger charge is 2.18. The quantitative estimate of drug-likeness (QED) is 0.393. The highest BCUT2D eigenvalue weighted by atomic mass is 35.5. The number of aryl methyl sites for hydroxylation is 2. The van der Waals surface area contributed by atoms with E-state index in [0.29, 0.717) is 33.5 Å². The monoisotopic (exact) mass is 373 g/mol. The molecule has 0 unspecified atom stereocenters. The lowest BCUT2D eigenvalue weighted by Crippen LogP contribution is -2.11. The molecular formula is C19H16ClNO5. The van der Waals surface area contributed by atoms with Crippen LogP contribution in [0.2, 0.25) is 5.15 Å². The van der Waals surface area contributed by atoms with E-state index in [-0.39, 0.29) is 17.3 Å². The Kier molecular flexibility index (Phi) is 4.95. The Labute approximate surface area is 154 Å². The summed E-state index contributed by atoms with van der Waals surface area (Å²) in [5.74, 6) is -0.0437. The van der Waals surface area contributed by atoms with Crippen LogP contribution in [0.4, 0.5) is 0 Å². The molecule has 0 fully saturated rings. The van der Waals surface area contributed by atoms with Gasteiger partial charge in [0.1, 0.15) is 23.1 Å². The number of halogens is 1. The minimum absolute atomic E-state index is 0.0923. The summed E-state index contributed by atoms with van der Waals surface area (Å²) < 4.78 is 15.7. The average molecular weight is 374 g/mol. The number of fused-ring (bicyclic) bond motifs is 1. The molecule has 0 saturated heterocycles. The Morgan fingerprint density at radius 2 is 2.00 bits per heavy atom. The molecule has 0 aliphatic carbocycles. The van der Waals surface area contributed by atoms with Crippen LogP contribution in [0.15, 0.2) is 39.5 Å². The van der Waals surface area contributed by atoms with Crippen molar-refractivity contribution in [2.75, 3.05) is 7.11 Å². The van der Waals surface area contributed by atoms with E-state index in [9.17, 15) is 9.59 Å². The van der Waals surface area contributed by atoms with Crippen molar-refractivity contribution in [3.05, 3.63) is 68.3 Å². The van der Waals surface area contributed by atoms with Gasteiger partial charge in [-0.25, -0.2) is 14.6 Å². The van der Waals surface area contributed by atoms with Crippen molar-refractivity contribution in [2.45, 2.75) is 20.5 Å². The van der Waals surface area contributed by atoms with Gasteiger partial charge < -0.3 is 13.9 Å². The second-order valence-corrected chi connectivity index (χ2v) is 6.13. The van der Waals surface area contributed by atoms with Crippen LogP contribution in [0.25, 0.3) is 11.0 Å². The van der Waals surface area contributed by atoms with Gasteiger partial charge >= 0.3 is 11.6 Å². The molecule has 0 N–H and O–H groups in total. The van der Waals surface area contributed by atoms with E-state index in [0.717, 1.165) is 0 Å². The first-order valence-electron chi connectivity index (χ1n) is 7.80. The number of benzene rings is 1. The molecule has 3 aromatic rings. The van der Waals surface area contributed by atoms with Crippen LogP contribution >= 0.6 is 11.6 Å². The van der Waals surface area contributed by atoms with Crippen LogP contribution in [0.5, 0.6) is 5.75 Å². The molecule has 0 amide bonds. The molecule has 2 aromatic heterocycles. The Morgan fingerprint density at radius 3 is 2.69 bits per heavy atom. The molecule has 6 nitrogen and oxygen atoms in total. The zero-order chi connectivity index (χ0) is 18.8. The fourth-order valence-corrected chi connectivity index (χ4v) is 3.07. The SMILES string of the molecule is COc1ccc2c(COC(=O)c3c(C)cc(C)nc3Cl)cc(=O)oc2c1. The van der Waals surface area contributed by atoms with E-state index >= 15 is 0 Å². The van der Waals surface area contributed by atoms with Gasteiger partial charge in [-0.1, -0.05) is 11.6 Å². The molecule has 0 radical (unpaired) electrons. The first kappa shape index (κ1) is 17.9. The Bertz CT molecular complexity index is 1030. The van der Waals surface area contributed by atoms with E-state index < -0.39 is 11.6 Å². The van der Waals surface area contributed by atoms with Gasteiger partial charge in [-0.15, -0.1) is 0 Å². The summed E-state index contributed by atoms with van der Waals surface area (Å²) in [4.78, 5) is 28.3. The van der Waals surface area contributed by atoms with E-state index in [1.165, 1.54) is 13.2 Å². The number of rotatable bonds is 4. The fourth-order valence-electron chi connectivity index (χ4n) is 2.71. The number of nitrogens with zero attached hydrogens (tertiary/aromatic N) is 1. The summed E-state index contributed by atoms with van der Waals surface area (Å²) in [6.07, 6.45) is 0. The van der Waals surface area contributed by atoms with Gasteiger partial charge in [0, 0.05) is 28.8 Å². The molecule has 26 heavy (non-hydrogen) atoms. The number of hydrogen-bond donors (Lipinski definition) is 0. The number of carbonyl (C=O) groups excluding carboxylic acids is 1. The number of aromatic nitrogens is 1. The van der Waals surface area contributed by atoms with E-state index in [2.05, 4.69) is 4.98 Å². The predicted octanol–water partition coefficient (Wildman–Crippen LogP) is 3.82. The zero-order valence-corrected chi connectivity index (χ0v) is 15.2.